The van der Waals surface area contributed by atoms with E-state index < -0.39 is 28.4 Å². The van der Waals surface area contributed by atoms with E-state index in [0.717, 1.165) is 23.4 Å². The Balaban J connectivity index is 1.50. The number of fused-ring (bicyclic) bond motifs is 1. The Morgan fingerprint density at radius 3 is 2.47 bits per heavy atom. The van der Waals surface area contributed by atoms with Crippen LogP contribution in [0.1, 0.15) is 21.6 Å². The van der Waals surface area contributed by atoms with Crippen LogP contribution in [-0.4, -0.2) is 30.8 Å². The lowest BCUT2D eigenvalue weighted by Crippen LogP contribution is -2.31. The van der Waals surface area contributed by atoms with Gasteiger partial charge in [-0.3, -0.25) is 18.4 Å². The minimum absolute atomic E-state index is 0.0388. The lowest BCUT2D eigenvalue weighted by atomic mass is 10.2. The van der Waals surface area contributed by atoms with Gasteiger partial charge < -0.3 is 19.5 Å². The molecule has 194 valence electrons. The first-order chi connectivity index (χ1) is 18.4. The van der Waals surface area contributed by atoms with E-state index in [0.29, 0.717) is 19.0 Å². The summed E-state index contributed by atoms with van der Waals surface area (Å²) in [6.45, 7) is 0.637. The minimum Gasteiger partial charge on any atom is -0.768 e. The highest BCUT2D eigenvalue weighted by atomic mass is 32.2. The quantitative estimate of drug-likeness (QED) is 0.346. The molecule has 0 bridgehead atoms. The summed E-state index contributed by atoms with van der Waals surface area (Å²) in [5.74, 6) is -1.37. The fourth-order valence-corrected chi connectivity index (χ4v) is 4.75. The molecule has 1 aliphatic rings. The Hall–Kier alpha value is -4.35. The van der Waals surface area contributed by atoms with Gasteiger partial charge in [0.2, 0.25) is 11.7 Å². The molecule has 38 heavy (non-hydrogen) atoms. The van der Waals surface area contributed by atoms with Crippen LogP contribution >= 0.6 is 0 Å². The van der Waals surface area contributed by atoms with Crippen molar-refractivity contribution in [2.24, 2.45) is 0 Å². The van der Waals surface area contributed by atoms with Gasteiger partial charge in [-0.1, -0.05) is 54.6 Å². The Morgan fingerprint density at radius 1 is 1.05 bits per heavy atom. The van der Waals surface area contributed by atoms with Crippen molar-refractivity contribution in [2.75, 3.05) is 11.4 Å². The molecule has 1 N–H and O–H groups in total. The summed E-state index contributed by atoms with van der Waals surface area (Å²) in [5, 5.41) is 2.60. The molecule has 9 nitrogen and oxygen atoms in total. The summed E-state index contributed by atoms with van der Waals surface area (Å²) in [6, 6.07) is 21.8. The average Bonchev–Trinajstić information content (AvgIpc) is 3.37. The third kappa shape index (κ3) is 5.20. The van der Waals surface area contributed by atoms with E-state index in [1.807, 2.05) is 65.6 Å². The fourth-order valence-electron chi connectivity index (χ4n) is 4.19. The highest BCUT2D eigenvalue weighted by Crippen LogP contribution is 2.29. The van der Waals surface area contributed by atoms with E-state index in [1.54, 1.807) is 0 Å². The van der Waals surface area contributed by atoms with Crippen LogP contribution in [0.25, 0.3) is 0 Å². The number of halogens is 1. The monoisotopic (exact) mass is 533 g/mol. The zero-order valence-electron chi connectivity index (χ0n) is 20.0. The topological polar surface area (TPSA) is 117 Å². The molecule has 5 rings (SSSR count). The molecule has 1 aliphatic heterocycles. The molecular formula is C27H22FN4O5S-. The molecular weight excluding hydrogens is 511 g/mol. The lowest BCUT2D eigenvalue weighted by molar-refractivity contribution is 0.0939. The summed E-state index contributed by atoms with van der Waals surface area (Å²) in [4.78, 5) is 32.9. The third-order valence-electron chi connectivity index (χ3n) is 6.05. The second-order valence-corrected chi connectivity index (χ2v) is 9.39. The summed E-state index contributed by atoms with van der Waals surface area (Å²) in [7, 11) is 0. The number of amides is 1. The number of nitrogens with zero attached hydrogens (tertiary/aromatic N) is 3. The maximum Gasteiger partial charge on any atom is 0.298 e. The highest BCUT2D eigenvalue weighted by molar-refractivity contribution is 7.79. The van der Waals surface area contributed by atoms with Crippen LogP contribution in [0.3, 0.4) is 0 Å². The molecule has 1 aromatic heterocycles. The number of ether oxygens (including phenoxy) is 1. The number of rotatable bonds is 8. The first kappa shape index (κ1) is 25.3. The lowest BCUT2D eigenvalue weighted by Gasteiger charge is -2.19. The van der Waals surface area contributed by atoms with Crippen molar-refractivity contribution >= 4 is 28.6 Å². The molecule has 0 fully saturated rings. The smallest absolute Gasteiger partial charge is 0.298 e. The highest BCUT2D eigenvalue weighted by Gasteiger charge is 2.30. The molecule has 0 spiro atoms. The van der Waals surface area contributed by atoms with Crippen molar-refractivity contribution in [3.8, 4) is 5.75 Å². The van der Waals surface area contributed by atoms with Gasteiger partial charge in [0.25, 0.3) is 11.5 Å². The molecule has 3 aromatic carbocycles. The molecule has 1 atom stereocenters. The van der Waals surface area contributed by atoms with E-state index >= 15 is 0 Å². The van der Waals surface area contributed by atoms with Crippen LogP contribution in [0.5, 0.6) is 5.75 Å². The van der Waals surface area contributed by atoms with Crippen molar-refractivity contribution in [3.63, 3.8) is 0 Å². The van der Waals surface area contributed by atoms with E-state index in [-0.39, 0.29) is 35.1 Å². The van der Waals surface area contributed by atoms with E-state index in [9.17, 15) is 22.7 Å². The zero-order chi connectivity index (χ0) is 26.6. The van der Waals surface area contributed by atoms with Crippen LogP contribution < -0.4 is 20.5 Å². The Morgan fingerprint density at radius 2 is 1.76 bits per heavy atom. The van der Waals surface area contributed by atoms with Crippen LogP contribution in [0.15, 0.2) is 88.6 Å². The number of hydrogen-bond acceptors (Lipinski definition) is 7. The largest absolute Gasteiger partial charge is 0.768 e. The predicted octanol–water partition coefficient (Wildman–Crippen LogP) is 3.28. The molecule has 0 radical (unpaired) electrons. The molecule has 1 amide bonds. The summed E-state index contributed by atoms with van der Waals surface area (Å²) in [6.07, 6.45) is 0. The molecule has 2 heterocycles. The number of para-hydroxylation sites is 1. The summed E-state index contributed by atoms with van der Waals surface area (Å²) in [5.41, 5.74) is 1.06. The number of carbonyl (C=O) groups is 1. The van der Waals surface area contributed by atoms with Crippen LogP contribution in [0, 0.1) is 5.82 Å². The van der Waals surface area contributed by atoms with Gasteiger partial charge in [-0.15, -0.1) is 0 Å². The molecule has 11 heteroatoms. The Kier molecular flexibility index (Phi) is 7.29. The van der Waals surface area contributed by atoms with Gasteiger partial charge in [0.05, 0.1) is 0 Å². The number of hydrogen-bond donors (Lipinski definition) is 1. The number of benzene rings is 3. The molecule has 1 unspecified atom stereocenters. The SMILES string of the molecule is O=C(NCc1ccc(F)cc1S(=O)[O-])c1nc2n(c(=O)c1OCc1ccccc1)CCN2c1ccccc1. The molecule has 0 saturated heterocycles. The third-order valence-corrected chi connectivity index (χ3v) is 6.79. The van der Waals surface area contributed by atoms with Crippen molar-refractivity contribution in [2.45, 2.75) is 24.6 Å². The standard InChI is InChI=1S/C27H23FN4O5S/c28-20-12-11-19(22(15-20)38(35)36)16-29-25(33)23-24(37-17-18-7-3-1-4-8-18)26(34)32-14-13-31(27(32)30-23)21-9-5-2-6-10-21/h1-12,15H,13-14,16-17H2,(H,29,33)(H,35,36)/p-1. The zero-order valence-corrected chi connectivity index (χ0v) is 20.8. The van der Waals surface area contributed by atoms with Crippen LogP contribution in [0.4, 0.5) is 16.0 Å². The summed E-state index contributed by atoms with van der Waals surface area (Å²) >= 11 is -2.71. The average molecular weight is 534 g/mol. The number of anilines is 2. The van der Waals surface area contributed by atoms with Gasteiger partial charge in [0.15, 0.2) is 5.69 Å². The number of aromatic nitrogens is 2. The van der Waals surface area contributed by atoms with Gasteiger partial charge in [-0.2, -0.15) is 0 Å². The van der Waals surface area contributed by atoms with Crippen molar-refractivity contribution in [3.05, 3.63) is 112 Å². The van der Waals surface area contributed by atoms with Gasteiger partial charge in [-0.25, -0.2) is 9.37 Å². The maximum atomic E-state index is 13.6. The van der Waals surface area contributed by atoms with Crippen molar-refractivity contribution in [1.29, 1.82) is 0 Å². The van der Waals surface area contributed by atoms with E-state index in [4.69, 9.17) is 4.74 Å². The number of carbonyl (C=O) groups excluding carboxylic acids is 1. The molecule has 0 aliphatic carbocycles. The minimum atomic E-state index is -2.71. The predicted molar refractivity (Wildman–Crippen MR) is 137 cm³/mol. The Bertz CT molecular complexity index is 1560. The van der Waals surface area contributed by atoms with Crippen molar-refractivity contribution < 1.29 is 22.7 Å². The maximum absolute atomic E-state index is 13.6. The second kappa shape index (κ2) is 11.0. The fraction of sp³-hybridized carbons (Fsp3) is 0.148. The van der Waals surface area contributed by atoms with Gasteiger partial charge in [0.1, 0.15) is 12.4 Å². The van der Waals surface area contributed by atoms with Crippen LogP contribution in [-0.2, 0) is 30.8 Å². The van der Waals surface area contributed by atoms with Gasteiger partial charge in [-0.05, 0) is 46.5 Å². The molecule has 0 saturated carbocycles. The van der Waals surface area contributed by atoms with E-state index in [2.05, 4.69) is 10.3 Å². The first-order valence-corrected chi connectivity index (χ1v) is 12.8. The Labute approximate surface area is 219 Å². The molecule has 4 aromatic rings. The van der Waals surface area contributed by atoms with Crippen LogP contribution in [0.2, 0.25) is 0 Å². The number of nitrogens with one attached hydrogen (secondary N) is 1. The summed E-state index contributed by atoms with van der Waals surface area (Å²) < 4.78 is 44.0. The van der Waals surface area contributed by atoms with E-state index in [1.165, 1.54) is 10.6 Å². The first-order valence-electron chi connectivity index (χ1n) is 11.7. The second-order valence-electron chi connectivity index (χ2n) is 8.48. The van der Waals surface area contributed by atoms with Crippen molar-refractivity contribution in [1.82, 2.24) is 14.9 Å². The van der Waals surface area contributed by atoms with Gasteiger partial charge in [0, 0.05) is 30.2 Å². The van der Waals surface area contributed by atoms with Gasteiger partial charge >= 0.3 is 0 Å². The normalized spacial score (nSPS) is 13.2.